The minimum atomic E-state index is -0.188. The second kappa shape index (κ2) is 9.15. The van der Waals surface area contributed by atoms with Gasteiger partial charge in [-0.15, -0.1) is 11.3 Å². The maximum absolute atomic E-state index is 12.5. The average Bonchev–Trinajstić information content (AvgIpc) is 3.26. The molecule has 1 N–H and O–H groups in total. The average molecular weight is 386 g/mol. The van der Waals surface area contributed by atoms with Crippen LogP contribution in [0.5, 0.6) is 0 Å². The first-order chi connectivity index (χ1) is 13.1. The molecular formula is C21H27N3O2S. The summed E-state index contributed by atoms with van der Waals surface area (Å²) in [4.78, 5) is 29.8. The summed E-state index contributed by atoms with van der Waals surface area (Å²) in [6.45, 7) is 7.46. The van der Waals surface area contributed by atoms with Crippen molar-refractivity contribution >= 4 is 23.2 Å². The number of thiophene rings is 1. The lowest BCUT2D eigenvalue weighted by molar-refractivity contribution is -0.126. The van der Waals surface area contributed by atoms with E-state index in [1.807, 2.05) is 47.5 Å². The van der Waals surface area contributed by atoms with E-state index in [2.05, 4.69) is 29.3 Å². The van der Waals surface area contributed by atoms with Gasteiger partial charge in [0.25, 0.3) is 5.91 Å². The Labute approximate surface area is 165 Å². The van der Waals surface area contributed by atoms with Crippen molar-refractivity contribution in [2.75, 3.05) is 32.7 Å². The lowest BCUT2D eigenvalue weighted by Crippen LogP contribution is -2.55. The summed E-state index contributed by atoms with van der Waals surface area (Å²) in [6.07, 6.45) is 0. The first-order valence-corrected chi connectivity index (χ1v) is 10.3. The predicted octanol–water partition coefficient (Wildman–Crippen LogP) is 2.81. The maximum atomic E-state index is 12.5. The number of nitrogens with one attached hydrogen (secondary N) is 1. The first kappa shape index (κ1) is 19.6. The number of piperazine rings is 1. The van der Waals surface area contributed by atoms with Crippen LogP contribution in [0.15, 0.2) is 47.8 Å². The molecule has 3 rings (SSSR count). The third kappa shape index (κ3) is 4.96. The zero-order chi connectivity index (χ0) is 19.2. The summed E-state index contributed by atoms with van der Waals surface area (Å²) >= 11 is 1.48. The summed E-state index contributed by atoms with van der Waals surface area (Å²) in [5.74, 6) is 0.428. The van der Waals surface area contributed by atoms with Crippen molar-refractivity contribution < 1.29 is 9.59 Å². The van der Waals surface area contributed by atoms with E-state index in [0.717, 1.165) is 18.0 Å². The Bertz CT molecular complexity index is 740. The Balaban J connectivity index is 1.45. The van der Waals surface area contributed by atoms with E-state index in [0.29, 0.717) is 19.6 Å². The minimum Gasteiger partial charge on any atom is -0.354 e. The van der Waals surface area contributed by atoms with Crippen LogP contribution in [0.3, 0.4) is 0 Å². The summed E-state index contributed by atoms with van der Waals surface area (Å²) < 4.78 is 0. The fourth-order valence-corrected chi connectivity index (χ4v) is 4.03. The number of amides is 2. The normalized spacial score (nSPS) is 17.3. The number of benzene rings is 1. The molecule has 144 valence electrons. The summed E-state index contributed by atoms with van der Waals surface area (Å²) in [5.41, 5.74) is 1.23. The molecule has 6 heteroatoms. The van der Waals surface area contributed by atoms with Gasteiger partial charge < -0.3 is 10.2 Å². The van der Waals surface area contributed by atoms with Gasteiger partial charge >= 0.3 is 0 Å². The molecule has 2 heterocycles. The Hall–Kier alpha value is -2.18. The summed E-state index contributed by atoms with van der Waals surface area (Å²) in [5, 5.41) is 5.00. The van der Waals surface area contributed by atoms with Crippen molar-refractivity contribution in [3.8, 4) is 0 Å². The van der Waals surface area contributed by atoms with Gasteiger partial charge in [-0.1, -0.05) is 43.3 Å². The molecule has 27 heavy (non-hydrogen) atoms. The van der Waals surface area contributed by atoms with Crippen LogP contribution in [0.4, 0.5) is 0 Å². The lowest BCUT2D eigenvalue weighted by atomic mass is 10.0. The van der Waals surface area contributed by atoms with Crippen molar-refractivity contribution in [3.63, 3.8) is 0 Å². The molecule has 1 aliphatic rings. The van der Waals surface area contributed by atoms with Gasteiger partial charge in [0.2, 0.25) is 5.91 Å². The Morgan fingerprint density at radius 2 is 1.74 bits per heavy atom. The molecule has 1 fully saturated rings. The Morgan fingerprint density at radius 1 is 1.04 bits per heavy atom. The second-order valence-corrected chi connectivity index (χ2v) is 7.99. The van der Waals surface area contributed by atoms with Gasteiger partial charge in [0.15, 0.2) is 0 Å². The quantitative estimate of drug-likeness (QED) is 0.832. The maximum Gasteiger partial charge on any atom is 0.264 e. The monoisotopic (exact) mass is 385 g/mol. The van der Waals surface area contributed by atoms with Crippen molar-refractivity contribution in [2.24, 2.45) is 0 Å². The fourth-order valence-electron chi connectivity index (χ4n) is 3.34. The highest BCUT2D eigenvalue weighted by atomic mass is 32.1. The minimum absolute atomic E-state index is 0.0517. The van der Waals surface area contributed by atoms with Gasteiger partial charge in [-0.2, -0.15) is 0 Å². The van der Waals surface area contributed by atoms with Gasteiger partial charge in [-0.25, -0.2) is 0 Å². The highest BCUT2D eigenvalue weighted by molar-refractivity contribution is 7.12. The van der Waals surface area contributed by atoms with Gasteiger partial charge in [-0.3, -0.25) is 14.5 Å². The molecule has 0 aliphatic carbocycles. The van der Waals surface area contributed by atoms with Gasteiger partial charge in [-0.05, 0) is 29.9 Å². The van der Waals surface area contributed by atoms with Gasteiger partial charge in [0.1, 0.15) is 0 Å². The summed E-state index contributed by atoms with van der Waals surface area (Å²) in [7, 11) is 0. The molecule has 0 radical (unpaired) electrons. The number of hydrogen-bond donors (Lipinski definition) is 1. The third-order valence-electron chi connectivity index (χ3n) is 5.21. The van der Waals surface area contributed by atoms with Gasteiger partial charge in [0.05, 0.1) is 10.9 Å². The molecule has 0 bridgehead atoms. The van der Waals surface area contributed by atoms with Gasteiger partial charge in [0, 0.05) is 32.7 Å². The molecule has 1 aromatic carbocycles. The van der Waals surface area contributed by atoms with E-state index in [1.54, 1.807) is 0 Å². The molecule has 0 spiro atoms. The van der Waals surface area contributed by atoms with E-state index < -0.39 is 0 Å². The lowest BCUT2D eigenvalue weighted by Gasteiger charge is -2.37. The molecule has 1 saturated heterocycles. The Morgan fingerprint density at radius 3 is 2.37 bits per heavy atom. The number of carbonyl (C=O) groups excluding carboxylic acids is 2. The van der Waals surface area contributed by atoms with Crippen LogP contribution in [-0.2, 0) is 4.79 Å². The zero-order valence-electron chi connectivity index (χ0n) is 15.9. The number of rotatable bonds is 6. The molecule has 2 aromatic rings. The zero-order valence-corrected chi connectivity index (χ0v) is 16.7. The van der Waals surface area contributed by atoms with Crippen LogP contribution in [0, 0.1) is 0 Å². The van der Waals surface area contributed by atoms with E-state index in [1.165, 1.54) is 16.9 Å². The number of nitrogens with zero attached hydrogens (tertiary/aromatic N) is 2. The smallest absolute Gasteiger partial charge is 0.264 e. The molecule has 2 amide bonds. The summed E-state index contributed by atoms with van der Waals surface area (Å²) in [6, 6.07) is 13.8. The van der Waals surface area contributed by atoms with Crippen molar-refractivity contribution in [2.45, 2.75) is 25.8 Å². The highest BCUT2D eigenvalue weighted by Gasteiger charge is 2.28. The highest BCUT2D eigenvalue weighted by Crippen LogP contribution is 2.16. The van der Waals surface area contributed by atoms with Crippen molar-refractivity contribution in [1.82, 2.24) is 15.1 Å². The Kier molecular flexibility index (Phi) is 6.63. The fraction of sp³-hybridized carbons (Fsp3) is 0.429. The van der Waals surface area contributed by atoms with Crippen LogP contribution >= 0.6 is 11.3 Å². The van der Waals surface area contributed by atoms with E-state index in [-0.39, 0.29) is 23.8 Å². The van der Waals surface area contributed by atoms with Crippen LogP contribution < -0.4 is 5.32 Å². The largest absolute Gasteiger partial charge is 0.354 e. The molecule has 0 unspecified atom stereocenters. The van der Waals surface area contributed by atoms with Crippen LogP contribution in [0.2, 0.25) is 0 Å². The molecule has 1 aromatic heterocycles. The molecular weight excluding hydrogens is 358 g/mol. The first-order valence-electron chi connectivity index (χ1n) is 9.45. The molecule has 1 aliphatic heterocycles. The van der Waals surface area contributed by atoms with Crippen LogP contribution in [0.1, 0.15) is 35.0 Å². The molecule has 5 nitrogen and oxygen atoms in total. The van der Waals surface area contributed by atoms with E-state index in [4.69, 9.17) is 0 Å². The van der Waals surface area contributed by atoms with E-state index in [9.17, 15) is 9.59 Å². The second-order valence-electron chi connectivity index (χ2n) is 7.04. The van der Waals surface area contributed by atoms with Crippen molar-refractivity contribution in [3.05, 3.63) is 58.3 Å². The number of carbonyl (C=O) groups is 2. The standard InChI is InChI=1S/C21H27N3O2S/c1-16(18-7-4-3-5-8-18)15-22-20(25)17(2)23-10-12-24(13-11-23)21(26)19-9-6-14-27-19/h3-9,14,16-17H,10-13,15H2,1-2H3,(H,22,25)/t16-,17+/m0/s1. The number of hydrogen-bond acceptors (Lipinski definition) is 4. The van der Waals surface area contributed by atoms with Crippen LogP contribution in [-0.4, -0.2) is 60.4 Å². The van der Waals surface area contributed by atoms with E-state index >= 15 is 0 Å². The molecule has 2 atom stereocenters. The molecule has 0 saturated carbocycles. The van der Waals surface area contributed by atoms with Crippen molar-refractivity contribution in [1.29, 1.82) is 0 Å². The topological polar surface area (TPSA) is 52.7 Å². The SMILES string of the molecule is C[C@H](C(=O)NC[C@H](C)c1ccccc1)N1CCN(C(=O)c2cccs2)CC1. The van der Waals surface area contributed by atoms with Crippen LogP contribution in [0.25, 0.3) is 0 Å². The predicted molar refractivity (Wildman–Crippen MR) is 109 cm³/mol. The third-order valence-corrected chi connectivity index (χ3v) is 6.07.